The van der Waals surface area contributed by atoms with Gasteiger partial charge in [-0.3, -0.25) is 28.8 Å². The van der Waals surface area contributed by atoms with Crippen molar-refractivity contribution in [2.75, 3.05) is 6.61 Å². The lowest BCUT2D eigenvalue weighted by atomic mass is 9.81. The highest BCUT2D eigenvalue weighted by atomic mass is 16.8. The molecule has 2 fully saturated rings. The number of hydrogen-bond acceptors (Lipinski definition) is 16. The first-order valence-corrected chi connectivity index (χ1v) is 13.3. The normalized spacial score (nSPS) is 36.3. The molecule has 2 aliphatic heterocycles. The van der Waals surface area contributed by atoms with Gasteiger partial charge in [0.25, 0.3) is 0 Å². The van der Waals surface area contributed by atoms with Gasteiger partial charge in [0.05, 0.1) is 12.2 Å². The van der Waals surface area contributed by atoms with Gasteiger partial charge in [-0.15, -0.1) is 0 Å². The van der Waals surface area contributed by atoms with Gasteiger partial charge < -0.3 is 47.7 Å². The molecule has 1 saturated heterocycles. The second-order valence-electron chi connectivity index (χ2n) is 10.6. The molecule has 1 N–H and O–H groups in total. The van der Waals surface area contributed by atoms with E-state index >= 15 is 0 Å². The molecule has 240 valence electrons. The Balaban J connectivity index is 2.07. The molecule has 0 unspecified atom stereocenters. The third-order valence-electron chi connectivity index (χ3n) is 6.98. The number of carbonyl (C=O) groups is 6. The van der Waals surface area contributed by atoms with Crippen LogP contribution in [0, 0.1) is 5.92 Å². The molecule has 16 nitrogen and oxygen atoms in total. The zero-order valence-electron chi connectivity index (χ0n) is 24.8. The largest absolute Gasteiger partial charge is 0.472 e. The summed E-state index contributed by atoms with van der Waals surface area (Å²) in [5, 5.41) is 11.8. The van der Waals surface area contributed by atoms with E-state index in [9.17, 15) is 33.9 Å². The van der Waals surface area contributed by atoms with Crippen LogP contribution in [0.4, 0.5) is 0 Å². The summed E-state index contributed by atoms with van der Waals surface area (Å²) in [6, 6.07) is 0. The molecule has 43 heavy (non-hydrogen) atoms. The van der Waals surface area contributed by atoms with Crippen molar-refractivity contribution in [1.82, 2.24) is 0 Å². The van der Waals surface area contributed by atoms with Crippen molar-refractivity contribution >= 4 is 35.8 Å². The van der Waals surface area contributed by atoms with E-state index in [1.165, 1.54) is 13.0 Å². The van der Waals surface area contributed by atoms with Crippen LogP contribution in [0.3, 0.4) is 0 Å². The average Bonchev–Trinajstić information content (AvgIpc) is 3.06. The maximum Gasteiger partial charge on any atom is 0.303 e. The summed E-state index contributed by atoms with van der Waals surface area (Å²) >= 11 is 0. The van der Waals surface area contributed by atoms with Gasteiger partial charge in [0.15, 0.2) is 18.3 Å². The van der Waals surface area contributed by atoms with Gasteiger partial charge in [0, 0.05) is 48.0 Å². The minimum atomic E-state index is -1.98. The number of fused-ring (bicyclic) bond motifs is 1. The van der Waals surface area contributed by atoms with Crippen molar-refractivity contribution in [1.29, 1.82) is 0 Å². The number of rotatable bonds is 9. The van der Waals surface area contributed by atoms with Crippen LogP contribution in [0.15, 0.2) is 12.3 Å². The number of esters is 6. The Kier molecular flexibility index (Phi) is 10.4. The van der Waals surface area contributed by atoms with Crippen LogP contribution in [0.25, 0.3) is 0 Å². The Hall–Kier alpha value is -3.76. The van der Waals surface area contributed by atoms with E-state index in [4.69, 9.17) is 42.6 Å². The van der Waals surface area contributed by atoms with E-state index in [2.05, 4.69) is 0 Å². The Morgan fingerprint density at radius 3 is 1.86 bits per heavy atom. The Labute approximate surface area is 246 Å². The molecule has 0 bridgehead atoms. The molecule has 0 spiro atoms. The van der Waals surface area contributed by atoms with Crippen molar-refractivity contribution in [3.8, 4) is 0 Å². The summed E-state index contributed by atoms with van der Waals surface area (Å²) in [6.45, 7) is 7.61. The Morgan fingerprint density at radius 1 is 0.767 bits per heavy atom. The average molecular weight is 617 g/mol. The van der Waals surface area contributed by atoms with Crippen molar-refractivity contribution in [3.05, 3.63) is 12.3 Å². The number of aliphatic hydroxyl groups is 1. The van der Waals surface area contributed by atoms with Crippen molar-refractivity contribution in [2.24, 2.45) is 5.92 Å². The maximum absolute atomic E-state index is 12.2. The van der Waals surface area contributed by atoms with E-state index in [1.54, 1.807) is 0 Å². The molecule has 3 rings (SSSR count). The van der Waals surface area contributed by atoms with Crippen LogP contribution in [0.2, 0.25) is 0 Å². The summed E-state index contributed by atoms with van der Waals surface area (Å²) in [5.41, 5.74) is -3.51. The van der Waals surface area contributed by atoms with Crippen LogP contribution in [0.5, 0.6) is 0 Å². The maximum atomic E-state index is 12.2. The van der Waals surface area contributed by atoms with Crippen LogP contribution >= 0.6 is 0 Å². The first-order valence-electron chi connectivity index (χ1n) is 13.3. The van der Waals surface area contributed by atoms with Gasteiger partial charge in [-0.2, -0.15) is 0 Å². The summed E-state index contributed by atoms with van der Waals surface area (Å²) in [6.07, 6.45) is -8.09. The quantitative estimate of drug-likeness (QED) is 0.266. The topological polar surface area (TPSA) is 206 Å². The summed E-state index contributed by atoms with van der Waals surface area (Å²) in [5.74, 6) is -5.91. The van der Waals surface area contributed by atoms with Crippen LogP contribution < -0.4 is 0 Å². The zero-order valence-corrected chi connectivity index (χ0v) is 24.8. The van der Waals surface area contributed by atoms with Crippen LogP contribution in [-0.4, -0.2) is 102 Å². The SMILES string of the molecule is CC(=O)OC[C@H]1O[C@@H](O[C@@H]2OC=C[C@@]3(O)[C@@H](OC(C)=O)C[C@](C)(OC(C)=O)[C@@H]23)[C@H](OC(C)=O)[C@H](OC(C)=O)[C@@H]1OC(C)=O. The fourth-order valence-electron chi connectivity index (χ4n) is 5.68. The minimum absolute atomic E-state index is 0.153. The molecule has 0 aromatic rings. The number of carbonyl (C=O) groups excluding carboxylic acids is 6. The molecule has 0 radical (unpaired) electrons. The molecule has 0 aromatic heterocycles. The lowest BCUT2D eigenvalue weighted by molar-refractivity contribution is -0.353. The minimum Gasteiger partial charge on any atom is -0.472 e. The van der Waals surface area contributed by atoms with Crippen LogP contribution in [0.1, 0.15) is 54.9 Å². The van der Waals surface area contributed by atoms with Gasteiger partial charge in [-0.05, 0) is 13.0 Å². The smallest absolute Gasteiger partial charge is 0.303 e. The van der Waals surface area contributed by atoms with Gasteiger partial charge in [-0.1, -0.05) is 0 Å². The van der Waals surface area contributed by atoms with E-state index in [1.807, 2.05) is 0 Å². The first kappa shape index (κ1) is 33.7. The zero-order chi connectivity index (χ0) is 32.3. The predicted molar refractivity (Wildman–Crippen MR) is 136 cm³/mol. The highest BCUT2D eigenvalue weighted by Gasteiger charge is 2.68. The third-order valence-corrected chi connectivity index (χ3v) is 6.98. The van der Waals surface area contributed by atoms with E-state index in [-0.39, 0.29) is 6.42 Å². The first-order chi connectivity index (χ1) is 20.0. The molecular weight excluding hydrogens is 580 g/mol. The molecule has 16 heteroatoms. The molecule has 3 aliphatic rings. The summed E-state index contributed by atoms with van der Waals surface area (Å²) < 4.78 is 50.0. The standard InChI is InChI=1S/C27H36O16/c1-12(28)36-11-18-20(38-14(3)30)21(39-15(4)31)22(40-16(5)32)24(41-18)42-25-23-26(7,43-17(6)33)10-19(37-13(2)29)27(23,34)8-9-35-25/h8-9,18-25,34H,10-11H2,1-7H3/t18-,19+,20-,21-,22-,23-,24+,25+,26+,27-/m1/s1. The van der Waals surface area contributed by atoms with Gasteiger partial charge >= 0.3 is 35.8 Å². The molecule has 0 aromatic carbocycles. The second kappa shape index (κ2) is 13.3. The van der Waals surface area contributed by atoms with Crippen molar-refractivity contribution in [2.45, 2.75) is 109 Å². The van der Waals surface area contributed by atoms with Crippen LogP contribution in [-0.2, 0) is 71.4 Å². The van der Waals surface area contributed by atoms with Gasteiger partial charge in [-0.25, -0.2) is 0 Å². The number of hydrogen-bond donors (Lipinski definition) is 1. The molecule has 2 heterocycles. The van der Waals surface area contributed by atoms with E-state index in [0.717, 1.165) is 47.8 Å². The van der Waals surface area contributed by atoms with Crippen molar-refractivity contribution < 1.29 is 76.5 Å². The summed E-state index contributed by atoms with van der Waals surface area (Å²) in [4.78, 5) is 71.8. The van der Waals surface area contributed by atoms with E-state index < -0.39 is 103 Å². The third kappa shape index (κ3) is 7.80. The molecular formula is C27H36O16. The van der Waals surface area contributed by atoms with Crippen molar-refractivity contribution in [3.63, 3.8) is 0 Å². The highest BCUT2D eigenvalue weighted by molar-refractivity contribution is 5.69. The van der Waals surface area contributed by atoms with Gasteiger partial charge in [0.2, 0.25) is 12.6 Å². The molecule has 0 amide bonds. The molecule has 10 atom stereocenters. The predicted octanol–water partition coefficient (Wildman–Crippen LogP) is -0.0394. The fourth-order valence-corrected chi connectivity index (χ4v) is 5.68. The summed E-state index contributed by atoms with van der Waals surface area (Å²) in [7, 11) is 0. The monoisotopic (exact) mass is 616 g/mol. The molecule has 1 aliphatic carbocycles. The van der Waals surface area contributed by atoms with Gasteiger partial charge in [0.1, 0.15) is 30.0 Å². The Bertz CT molecular complexity index is 1150. The van der Waals surface area contributed by atoms with E-state index in [0.29, 0.717) is 0 Å². The lowest BCUT2D eigenvalue weighted by Crippen LogP contribution is -2.64. The Morgan fingerprint density at radius 2 is 1.33 bits per heavy atom. The molecule has 1 saturated carbocycles. The second-order valence-corrected chi connectivity index (χ2v) is 10.6. The highest BCUT2D eigenvalue weighted by Crippen LogP contribution is 2.52. The fraction of sp³-hybridized carbons (Fsp3) is 0.704. The lowest BCUT2D eigenvalue weighted by Gasteiger charge is -2.47. The number of ether oxygens (including phenoxy) is 9.